The number of aromatic nitrogens is 1. The third kappa shape index (κ3) is 2.23. The van der Waals surface area contributed by atoms with Gasteiger partial charge in [-0.3, -0.25) is 0 Å². The van der Waals surface area contributed by atoms with Crippen LogP contribution in [0.4, 0.5) is 0 Å². The summed E-state index contributed by atoms with van der Waals surface area (Å²) in [5.74, 6) is 2.27. The zero-order valence-corrected chi connectivity index (χ0v) is 11.4. The summed E-state index contributed by atoms with van der Waals surface area (Å²) in [6.45, 7) is 2.20. The minimum absolute atomic E-state index is 1.10. The molecule has 0 N–H and O–H groups in total. The lowest BCUT2D eigenvalue weighted by Crippen LogP contribution is -1.93. The maximum Gasteiger partial charge on any atom is 0.0491 e. The second kappa shape index (κ2) is 4.62. The second-order valence-corrected chi connectivity index (χ2v) is 5.72. The quantitative estimate of drug-likeness (QED) is 0.818. The molecule has 3 heteroatoms. The SMILES string of the molecule is CCSCc1cc2ccc(Br)cc2n1C. The molecule has 0 unspecified atom stereocenters. The van der Waals surface area contributed by atoms with Gasteiger partial charge in [-0.2, -0.15) is 11.8 Å². The molecule has 15 heavy (non-hydrogen) atoms. The topological polar surface area (TPSA) is 4.93 Å². The predicted octanol–water partition coefficient (Wildman–Crippen LogP) is 4.19. The Morgan fingerprint density at radius 2 is 2.13 bits per heavy atom. The number of aryl methyl sites for hydroxylation is 1. The van der Waals surface area contributed by atoms with Crippen molar-refractivity contribution in [3.05, 3.63) is 34.4 Å². The normalized spacial score (nSPS) is 11.1. The van der Waals surface area contributed by atoms with E-state index in [4.69, 9.17) is 0 Å². The van der Waals surface area contributed by atoms with Crippen LogP contribution in [-0.2, 0) is 12.8 Å². The Bertz CT molecular complexity index is 476. The maximum atomic E-state index is 3.51. The summed E-state index contributed by atoms with van der Waals surface area (Å²) in [5.41, 5.74) is 2.70. The molecule has 2 rings (SSSR count). The average molecular weight is 284 g/mol. The van der Waals surface area contributed by atoms with E-state index in [0.717, 1.165) is 10.2 Å². The van der Waals surface area contributed by atoms with Crippen LogP contribution in [0.5, 0.6) is 0 Å². The number of benzene rings is 1. The maximum absolute atomic E-state index is 3.51. The Labute approximate surface area is 103 Å². The average Bonchev–Trinajstić information content (AvgIpc) is 2.53. The molecule has 1 aromatic carbocycles. The van der Waals surface area contributed by atoms with Gasteiger partial charge in [0.1, 0.15) is 0 Å². The summed E-state index contributed by atoms with van der Waals surface area (Å²) < 4.78 is 3.42. The van der Waals surface area contributed by atoms with Gasteiger partial charge in [0.15, 0.2) is 0 Å². The fraction of sp³-hybridized carbons (Fsp3) is 0.333. The summed E-state index contributed by atoms with van der Waals surface area (Å²) in [4.78, 5) is 0. The molecule has 0 aliphatic rings. The first kappa shape index (κ1) is 11.1. The molecule has 0 radical (unpaired) electrons. The van der Waals surface area contributed by atoms with Gasteiger partial charge in [0.25, 0.3) is 0 Å². The molecular weight excluding hydrogens is 270 g/mol. The number of hydrogen-bond donors (Lipinski definition) is 0. The van der Waals surface area contributed by atoms with E-state index in [1.807, 2.05) is 11.8 Å². The third-order valence-electron chi connectivity index (χ3n) is 2.56. The number of thioether (sulfide) groups is 1. The lowest BCUT2D eigenvalue weighted by atomic mass is 10.2. The van der Waals surface area contributed by atoms with Crippen molar-refractivity contribution < 1.29 is 0 Å². The van der Waals surface area contributed by atoms with Crippen molar-refractivity contribution in [2.75, 3.05) is 5.75 Å². The van der Waals surface area contributed by atoms with Gasteiger partial charge >= 0.3 is 0 Å². The Morgan fingerprint density at radius 3 is 2.87 bits per heavy atom. The fourth-order valence-corrected chi connectivity index (χ4v) is 2.74. The summed E-state index contributed by atoms with van der Waals surface area (Å²) in [5, 5.41) is 1.33. The summed E-state index contributed by atoms with van der Waals surface area (Å²) in [6, 6.07) is 8.72. The van der Waals surface area contributed by atoms with Crippen LogP contribution in [0, 0.1) is 0 Å². The van der Waals surface area contributed by atoms with Gasteiger partial charge in [0.2, 0.25) is 0 Å². The van der Waals surface area contributed by atoms with E-state index in [-0.39, 0.29) is 0 Å². The number of fused-ring (bicyclic) bond motifs is 1. The molecule has 0 saturated heterocycles. The van der Waals surface area contributed by atoms with Crippen molar-refractivity contribution >= 4 is 38.6 Å². The monoisotopic (exact) mass is 283 g/mol. The predicted molar refractivity (Wildman–Crippen MR) is 72.5 cm³/mol. The largest absolute Gasteiger partial charge is 0.347 e. The highest BCUT2D eigenvalue weighted by atomic mass is 79.9. The molecule has 2 aromatic rings. The van der Waals surface area contributed by atoms with E-state index < -0.39 is 0 Å². The van der Waals surface area contributed by atoms with Crippen LogP contribution < -0.4 is 0 Å². The Hall–Kier alpha value is -0.410. The molecule has 0 amide bonds. The van der Waals surface area contributed by atoms with E-state index in [1.165, 1.54) is 22.3 Å². The Kier molecular flexibility index (Phi) is 3.42. The van der Waals surface area contributed by atoms with Gasteiger partial charge in [0, 0.05) is 28.5 Å². The molecule has 1 aromatic heterocycles. The first-order chi connectivity index (χ1) is 7.22. The molecular formula is C12H14BrNS. The molecule has 0 bridgehead atoms. The van der Waals surface area contributed by atoms with E-state index in [0.29, 0.717) is 0 Å². The first-order valence-corrected chi connectivity index (χ1v) is 6.98. The van der Waals surface area contributed by atoms with E-state index in [1.54, 1.807) is 0 Å². The summed E-state index contributed by atoms with van der Waals surface area (Å²) >= 11 is 5.47. The smallest absolute Gasteiger partial charge is 0.0491 e. The van der Waals surface area contributed by atoms with Gasteiger partial charge < -0.3 is 4.57 Å². The number of nitrogens with zero attached hydrogens (tertiary/aromatic N) is 1. The molecule has 1 heterocycles. The molecule has 0 fully saturated rings. The van der Waals surface area contributed by atoms with Gasteiger partial charge in [0.05, 0.1) is 0 Å². The van der Waals surface area contributed by atoms with E-state index >= 15 is 0 Å². The summed E-state index contributed by atoms with van der Waals surface area (Å²) in [7, 11) is 2.14. The molecule has 0 aliphatic heterocycles. The minimum atomic E-state index is 1.10. The van der Waals surface area contributed by atoms with Crippen LogP contribution in [0.15, 0.2) is 28.7 Å². The van der Waals surface area contributed by atoms with Crippen LogP contribution >= 0.6 is 27.7 Å². The number of halogens is 1. The van der Waals surface area contributed by atoms with Crippen LogP contribution in [0.2, 0.25) is 0 Å². The van der Waals surface area contributed by atoms with Gasteiger partial charge in [-0.15, -0.1) is 0 Å². The highest BCUT2D eigenvalue weighted by molar-refractivity contribution is 9.10. The van der Waals surface area contributed by atoms with Crippen LogP contribution in [0.3, 0.4) is 0 Å². The highest BCUT2D eigenvalue weighted by Crippen LogP contribution is 2.24. The van der Waals surface area contributed by atoms with Crippen molar-refractivity contribution in [1.82, 2.24) is 4.57 Å². The van der Waals surface area contributed by atoms with Crippen molar-refractivity contribution in [1.29, 1.82) is 0 Å². The van der Waals surface area contributed by atoms with Crippen molar-refractivity contribution in [3.8, 4) is 0 Å². The van der Waals surface area contributed by atoms with E-state index in [2.05, 4.69) is 58.7 Å². The first-order valence-electron chi connectivity index (χ1n) is 5.04. The summed E-state index contributed by atoms with van der Waals surface area (Å²) in [6.07, 6.45) is 0. The zero-order valence-electron chi connectivity index (χ0n) is 8.96. The Morgan fingerprint density at radius 1 is 1.33 bits per heavy atom. The Balaban J connectivity index is 2.45. The van der Waals surface area contributed by atoms with Gasteiger partial charge in [-0.25, -0.2) is 0 Å². The van der Waals surface area contributed by atoms with Crippen LogP contribution in [-0.4, -0.2) is 10.3 Å². The molecule has 0 spiro atoms. The molecule has 1 nitrogen and oxygen atoms in total. The van der Waals surface area contributed by atoms with Gasteiger partial charge in [-0.05, 0) is 29.3 Å². The third-order valence-corrected chi connectivity index (χ3v) is 3.96. The number of hydrogen-bond acceptors (Lipinski definition) is 1. The second-order valence-electron chi connectivity index (χ2n) is 3.53. The molecule has 0 atom stereocenters. The number of rotatable bonds is 3. The molecule has 0 saturated carbocycles. The minimum Gasteiger partial charge on any atom is -0.347 e. The molecule has 80 valence electrons. The van der Waals surface area contributed by atoms with Gasteiger partial charge in [-0.1, -0.05) is 28.9 Å². The lowest BCUT2D eigenvalue weighted by molar-refractivity contribution is 0.909. The lowest BCUT2D eigenvalue weighted by Gasteiger charge is -2.02. The van der Waals surface area contributed by atoms with Crippen molar-refractivity contribution in [2.45, 2.75) is 12.7 Å². The standard InChI is InChI=1S/C12H14BrNS/c1-3-15-8-11-6-9-4-5-10(13)7-12(9)14(11)2/h4-7H,3,8H2,1-2H3. The van der Waals surface area contributed by atoms with E-state index in [9.17, 15) is 0 Å². The highest BCUT2D eigenvalue weighted by Gasteiger charge is 2.05. The van der Waals surface area contributed by atoms with Crippen molar-refractivity contribution in [2.24, 2.45) is 7.05 Å². The van der Waals surface area contributed by atoms with Crippen LogP contribution in [0.1, 0.15) is 12.6 Å². The fourth-order valence-electron chi connectivity index (χ4n) is 1.71. The van der Waals surface area contributed by atoms with Crippen LogP contribution in [0.25, 0.3) is 10.9 Å². The molecule has 0 aliphatic carbocycles. The van der Waals surface area contributed by atoms with Crippen molar-refractivity contribution in [3.63, 3.8) is 0 Å². The zero-order chi connectivity index (χ0) is 10.8.